The number of carbonyl (C=O) groups excluding carboxylic acids is 3. The Balaban J connectivity index is 2.36. The van der Waals surface area contributed by atoms with Crippen LogP contribution in [0.5, 0.6) is 0 Å². The third-order valence-corrected chi connectivity index (χ3v) is 3.59. The number of rotatable bonds is 4. The first-order valence-electron chi connectivity index (χ1n) is 6.38. The summed E-state index contributed by atoms with van der Waals surface area (Å²) in [6.45, 7) is 7.29. The van der Waals surface area contributed by atoms with Crippen molar-refractivity contribution >= 4 is 39.3 Å². The molecule has 1 aromatic carbocycles. The number of amides is 1. The van der Waals surface area contributed by atoms with Crippen molar-refractivity contribution in [2.75, 3.05) is 18.1 Å². The molecule has 1 amide bonds. The Morgan fingerprint density at radius 1 is 1.38 bits per heavy atom. The molecule has 6 heteroatoms. The lowest BCUT2D eigenvalue weighted by molar-refractivity contribution is -0.138. The molecule has 0 N–H and O–H groups in total. The molecule has 0 spiro atoms. The summed E-state index contributed by atoms with van der Waals surface area (Å²) < 4.78 is 5.57. The van der Waals surface area contributed by atoms with Crippen LogP contribution < -0.4 is 4.90 Å². The Hall–Kier alpha value is -1.95. The van der Waals surface area contributed by atoms with Crippen LogP contribution in [0.3, 0.4) is 0 Å². The van der Waals surface area contributed by atoms with Gasteiger partial charge in [0, 0.05) is 10.0 Å². The Labute approximate surface area is 130 Å². The lowest BCUT2D eigenvalue weighted by Crippen LogP contribution is -2.33. The van der Waals surface area contributed by atoms with Gasteiger partial charge in [0.05, 0.1) is 24.4 Å². The average Bonchev–Trinajstić information content (AvgIpc) is 2.64. The van der Waals surface area contributed by atoms with Crippen LogP contribution in [0.2, 0.25) is 0 Å². The Morgan fingerprint density at radius 2 is 2.05 bits per heavy atom. The van der Waals surface area contributed by atoms with E-state index in [1.165, 1.54) is 4.90 Å². The van der Waals surface area contributed by atoms with E-state index in [0.717, 1.165) is 10.0 Å². The van der Waals surface area contributed by atoms with E-state index in [0.29, 0.717) is 11.3 Å². The molecule has 0 aliphatic carbocycles. The number of hydrogen-bond donors (Lipinski definition) is 0. The molecular weight excluding hydrogens is 338 g/mol. The highest BCUT2D eigenvalue weighted by molar-refractivity contribution is 9.10. The summed E-state index contributed by atoms with van der Waals surface area (Å²) in [5.74, 6) is -1.80. The Morgan fingerprint density at radius 3 is 2.67 bits per heavy atom. The fraction of sp³-hybridized carbons (Fsp3) is 0.267. The van der Waals surface area contributed by atoms with Crippen LogP contribution in [-0.2, 0) is 14.3 Å². The molecule has 1 aliphatic rings. The molecule has 21 heavy (non-hydrogen) atoms. The highest BCUT2D eigenvalue weighted by Crippen LogP contribution is 2.35. The predicted octanol–water partition coefficient (Wildman–Crippen LogP) is 2.41. The van der Waals surface area contributed by atoms with Gasteiger partial charge in [-0.15, -0.1) is 0 Å². The summed E-state index contributed by atoms with van der Waals surface area (Å²) >= 11 is 3.30. The maximum atomic E-state index is 12.1. The minimum absolute atomic E-state index is 0.0567. The zero-order valence-electron chi connectivity index (χ0n) is 11.7. The number of ketones is 1. The van der Waals surface area contributed by atoms with Crippen LogP contribution in [0.25, 0.3) is 0 Å². The number of ether oxygens (including phenoxy) is 1. The van der Waals surface area contributed by atoms with Crippen LogP contribution in [0.15, 0.2) is 28.8 Å². The highest BCUT2D eigenvalue weighted by Gasteiger charge is 2.38. The normalized spacial score (nSPS) is 13.4. The standard InChI is InChI=1S/C15H14BrNO4/c1-4-21-15(20)9(3)7-17-12-8(2)5-10(16)6-11(12)13(18)14(17)19/h5-6H,3-4,7H2,1-2H3. The van der Waals surface area contributed by atoms with E-state index in [9.17, 15) is 14.4 Å². The van der Waals surface area contributed by atoms with E-state index in [2.05, 4.69) is 22.5 Å². The van der Waals surface area contributed by atoms with Gasteiger partial charge in [-0.05, 0) is 31.5 Å². The molecule has 2 rings (SSSR count). The van der Waals surface area contributed by atoms with Crippen molar-refractivity contribution in [2.45, 2.75) is 13.8 Å². The van der Waals surface area contributed by atoms with Gasteiger partial charge in [0.15, 0.2) is 0 Å². The number of benzene rings is 1. The van der Waals surface area contributed by atoms with Gasteiger partial charge < -0.3 is 4.74 Å². The first kappa shape index (κ1) is 15.4. The average molecular weight is 352 g/mol. The molecule has 1 aromatic rings. The van der Waals surface area contributed by atoms with E-state index < -0.39 is 17.7 Å². The number of halogens is 1. The maximum Gasteiger partial charge on any atom is 0.335 e. The molecule has 0 fully saturated rings. The molecule has 5 nitrogen and oxygen atoms in total. The number of Topliss-reactive ketones (excluding diaryl/α,β-unsaturated/α-hetero) is 1. The molecule has 1 aliphatic heterocycles. The van der Waals surface area contributed by atoms with Crippen molar-refractivity contribution in [3.8, 4) is 0 Å². The largest absolute Gasteiger partial charge is 0.463 e. The minimum atomic E-state index is -0.656. The number of esters is 1. The first-order chi connectivity index (χ1) is 9.86. The molecule has 0 saturated heterocycles. The van der Waals surface area contributed by atoms with Gasteiger partial charge in [0.2, 0.25) is 0 Å². The summed E-state index contributed by atoms with van der Waals surface area (Å²) in [5.41, 5.74) is 1.77. The van der Waals surface area contributed by atoms with E-state index in [1.807, 2.05) is 6.07 Å². The number of aryl methyl sites for hydroxylation is 1. The van der Waals surface area contributed by atoms with Crippen molar-refractivity contribution < 1.29 is 19.1 Å². The molecule has 110 valence electrons. The summed E-state index contributed by atoms with van der Waals surface area (Å²) in [7, 11) is 0. The molecule has 0 aromatic heterocycles. The summed E-state index contributed by atoms with van der Waals surface area (Å²) in [6.07, 6.45) is 0. The Bertz CT molecular complexity index is 666. The lowest BCUT2D eigenvalue weighted by Gasteiger charge is -2.19. The zero-order chi connectivity index (χ0) is 15.7. The van der Waals surface area contributed by atoms with Crippen molar-refractivity contribution in [3.05, 3.63) is 39.9 Å². The smallest absolute Gasteiger partial charge is 0.335 e. The summed E-state index contributed by atoms with van der Waals surface area (Å²) in [6, 6.07) is 3.42. The van der Waals surface area contributed by atoms with Gasteiger partial charge in [0.1, 0.15) is 0 Å². The van der Waals surface area contributed by atoms with Gasteiger partial charge in [-0.1, -0.05) is 22.5 Å². The van der Waals surface area contributed by atoms with Crippen molar-refractivity contribution in [1.29, 1.82) is 0 Å². The topological polar surface area (TPSA) is 63.7 Å². The van der Waals surface area contributed by atoms with Crippen LogP contribution in [0.4, 0.5) is 5.69 Å². The lowest BCUT2D eigenvalue weighted by atomic mass is 10.1. The van der Waals surface area contributed by atoms with Crippen LogP contribution in [0, 0.1) is 6.92 Å². The predicted molar refractivity (Wildman–Crippen MR) is 81.3 cm³/mol. The maximum absolute atomic E-state index is 12.1. The monoisotopic (exact) mass is 351 g/mol. The molecule has 0 unspecified atom stereocenters. The zero-order valence-corrected chi connectivity index (χ0v) is 13.3. The number of hydrogen-bond acceptors (Lipinski definition) is 4. The summed E-state index contributed by atoms with van der Waals surface area (Å²) in [5, 5.41) is 0. The van der Waals surface area contributed by atoms with E-state index >= 15 is 0 Å². The van der Waals surface area contributed by atoms with Crippen molar-refractivity contribution in [3.63, 3.8) is 0 Å². The number of fused-ring (bicyclic) bond motifs is 1. The molecule has 0 atom stereocenters. The van der Waals surface area contributed by atoms with Crippen molar-refractivity contribution in [2.24, 2.45) is 0 Å². The fourth-order valence-electron chi connectivity index (χ4n) is 2.25. The second-order valence-electron chi connectivity index (χ2n) is 4.66. The summed E-state index contributed by atoms with van der Waals surface area (Å²) in [4.78, 5) is 37.0. The number of nitrogens with zero attached hydrogens (tertiary/aromatic N) is 1. The van der Waals surface area contributed by atoms with E-state index in [1.54, 1.807) is 19.9 Å². The first-order valence-corrected chi connectivity index (χ1v) is 7.17. The minimum Gasteiger partial charge on any atom is -0.463 e. The van der Waals surface area contributed by atoms with Gasteiger partial charge in [-0.25, -0.2) is 4.79 Å². The van der Waals surface area contributed by atoms with E-state index in [4.69, 9.17) is 4.74 Å². The van der Waals surface area contributed by atoms with Gasteiger partial charge in [-0.2, -0.15) is 0 Å². The fourth-order valence-corrected chi connectivity index (χ4v) is 2.82. The highest BCUT2D eigenvalue weighted by atomic mass is 79.9. The third kappa shape index (κ3) is 2.76. The van der Waals surface area contributed by atoms with Crippen molar-refractivity contribution in [1.82, 2.24) is 0 Å². The SMILES string of the molecule is C=C(CN1C(=O)C(=O)c2cc(Br)cc(C)c21)C(=O)OCC. The van der Waals surface area contributed by atoms with Crippen LogP contribution >= 0.6 is 15.9 Å². The molecule has 0 saturated carbocycles. The molecule has 1 heterocycles. The molecular formula is C15H14BrNO4. The molecule has 0 bridgehead atoms. The quantitative estimate of drug-likeness (QED) is 0.474. The van der Waals surface area contributed by atoms with E-state index in [-0.39, 0.29) is 18.7 Å². The van der Waals surface area contributed by atoms with Gasteiger partial charge >= 0.3 is 5.97 Å². The van der Waals surface area contributed by atoms with Crippen LogP contribution in [0.1, 0.15) is 22.8 Å². The number of carbonyl (C=O) groups is 3. The molecule has 0 radical (unpaired) electrons. The Kier molecular flexibility index (Phi) is 4.27. The van der Waals surface area contributed by atoms with Gasteiger partial charge in [0.25, 0.3) is 11.7 Å². The third-order valence-electron chi connectivity index (χ3n) is 3.13. The van der Waals surface area contributed by atoms with Gasteiger partial charge in [-0.3, -0.25) is 14.5 Å². The second kappa shape index (κ2) is 5.81. The van der Waals surface area contributed by atoms with Crippen LogP contribution in [-0.4, -0.2) is 30.8 Å². The number of anilines is 1. The second-order valence-corrected chi connectivity index (χ2v) is 5.58.